The lowest BCUT2D eigenvalue weighted by Gasteiger charge is -2.26. The maximum atomic E-state index is 5.57. The van der Waals surface area contributed by atoms with E-state index in [-0.39, 0.29) is 5.41 Å². The zero-order valence-electron chi connectivity index (χ0n) is 11.1. The summed E-state index contributed by atoms with van der Waals surface area (Å²) in [5, 5.41) is 0. The average molecular weight is 208 g/mol. The van der Waals surface area contributed by atoms with Crippen LogP contribution in [0.15, 0.2) is 0 Å². The highest BCUT2D eigenvalue weighted by molar-refractivity contribution is 4.98. The molecule has 0 nitrogen and oxygen atoms in total. The van der Waals surface area contributed by atoms with E-state index in [2.05, 4.69) is 33.6 Å². The van der Waals surface area contributed by atoms with Gasteiger partial charge in [-0.2, -0.15) is 0 Å². The van der Waals surface area contributed by atoms with E-state index in [4.69, 9.17) is 6.42 Å². The molecule has 88 valence electrons. The summed E-state index contributed by atoms with van der Waals surface area (Å²) in [6, 6.07) is 0. The minimum absolute atomic E-state index is 0.276. The number of unbranched alkanes of at least 4 members (excludes halogenated alkanes) is 5. The number of hydrogen-bond acceptors (Lipinski definition) is 0. The molecule has 0 aromatic heterocycles. The van der Waals surface area contributed by atoms with Crippen LogP contribution in [0.4, 0.5) is 0 Å². The predicted octanol–water partition coefficient (Wildman–Crippen LogP) is 5.03. The van der Waals surface area contributed by atoms with Crippen LogP contribution in [0.2, 0.25) is 0 Å². The van der Waals surface area contributed by atoms with Crippen molar-refractivity contribution < 1.29 is 0 Å². The molecule has 0 saturated heterocycles. The molecule has 1 unspecified atom stereocenters. The highest BCUT2D eigenvalue weighted by Gasteiger charge is 2.21. The van der Waals surface area contributed by atoms with Gasteiger partial charge in [0.25, 0.3) is 0 Å². The largest absolute Gasteiger partial charge is 0.120 e. The quantitative estimate of drug-likeness (QED) is 0.406. The highest BCUT2D eigenvalue weighted by Crippen LogP contribution is 2.29. The monoisotopic (exact) mass is 208 g/mol. The zero-order valence-corrected chi connectivity index (χ0v) is 11.1. The molecule has 0 heteroatoms. The van der Waals surface area contributed by atoms with Crippen LogP contribution in [0.1, 0.15) is 72.6 Å². The Bertz CT molecular complexity index is 177. The van der Waals surface area contributed by atoms with Gasteiger partial charge in [0.05, 0.1) is 0 Å². The van der Waals surface area contributed by atoms with E-state index < -0.39 is 0 Å². The molecular weight excluding hydrogens is 180 g/mol. The molecule has 0 rings (SSSR count). The molecule has 0 aliphatic rings. The van der Waals surface area contributed by atoms with Crippen molar-refractivity contribution >= 4 is 0 Å². The summed E-state index contributed by atoms with van der Waals surface area (Å²) >= 11 is 0. The molecule has 0 heterocycles. The van der Waals surface area contributed by atoms with E-state index in [1.165, 1.54) is 44.9 Å². The first kappa shape index (κ1) is 14.6. The molecule has 15 heavy (non-hydrogen) atoms. The van der Waals surface area contributed by atoms with E-state index in [1.807, 2.05) is 0 Å². The van der Waals surface area contributed by atoms with Crippen LogP contribution in [0.3, 0.4) is 0 Å². The van der Waals surface area contributed by atoms with E-state index >= 15 is 0 Å². The van der Waals surface area contributed by atoms with Crippen LogP contribution in [0.5, 0.6) is 0 Å². The van der Waals surface area contributed by atoms with Gasteiger partial charge in [-0.25, -0.2) is 0 Å². The molecule has 0 aromatic rings. The molecule has 0 spiro atoms. The van der Waals surface area contributed by atoms with Crippen LogP contribution in [-0.4, -0.2) is 0 Å². The summed E-state index contributed by atoms with van der Waals surface area (Å²) in [4.78, 5) is 0. The number of rotatable bonds is 7. The SMILES string of the molecule is C#CC(CCCCCCCC)C(C)(C)C. The molecule has 0 aliphatic heterocycles. The van der Waals surface area contributed by atoms with Crippen LogP contribution < -0.4 is 0 Å². The lowest BCUT2D eigenvalue weighted by atomic mass is 9.78. The molecule has 0 aromatic carbocycles. The van der Waals surface area contributed by atoms with Gasteiger partial charge in [-0.1, -0.05) is 66.2 Å². The average Bonchev–Trinajstić information content (AvgIpc) is 2.15. The van der Waals surface area contributed by atoms with Gasteiger partial charge in [-0.15, -0.1) is 12.3 Å². The lowest BCUT2D eigenvalue weighted by molar-refractivity contribution is 0.281. The lowest BCUT2D eigenvalue weighted by Crippen LogP contribution is -2.18. The molecular formula is C15H28. The third-order valence-corrected chi connectivity index (χ3v) is 3.09. The number of terminal acetylenes is 1. The van der Waals surface area contributed by atoms with E-state index in [0.717, 1.165) is 0 Å². The van der Waals surface area contributed by atoms with Crippen molar-refractivity contribution in [2.75, 3.05) is 0 Å². The minimum Gasteiger partial charge on any atom is -0.120 e. The molecule has 0 saturated carbocycles. The molecule has 0 fully saturated rings. The summed E-state index contributed by atoms with van der Waals surface area (Å²) in [6.07, 6.45) is 14.9. The van der Waals surface area contributed by atoms with Crippen LogP contribution >= 0.6 is 0 Å². The van der Waals surface area contributed by atoms with Gasteiger partial charge < -0.3 is 0 Å². The van der Waals surface area contributed by atoms with Crippen LogP contribution in [-0.2, 0) is 0 Å². The molecule has 0 aliphatic carbocycles. The van der Waals surface area contributed by atoms with E-state index in [9.17, 15) is 0 Å². The predicted molar refractivity (Wildman–Crippen MR) is 69.8 cm³/mol. The third-order valence-electron chi connectivity index (χ3n) is 3.09. The second kappa shape index (κ2) is 7.80. The minimum atomic E-state index is 0.276. The second-order valence-corrected chi connectivity index (χ2v) is 5.64. The summed E-state index contributed by atoms with van der Waals surface area (Å²) < 4.78 is 0. The van der Waals surface area contributed by atoms with Crippen LogP contribution in [0, 0.1) is 23.7 Å². The van der Waals surface area contributed by atoms with Crippen LogP contribution in [0.25, 0.3) is 0 Å². The first-order chi connectivity index (χ1) is 7.02. The molecule has 0 bridgehead atoms. The van der Waals surface area contributed by atoms with Gasteiger partial charge >= 0.3 is 0 Å². The fraction of sp³-hybridized carbons (Fsp3) is 0.867. The van der Waals surface area contributed by atoms with E-state index in [1.54, 1.807) is 0 Å². The van der Waals surface area contributed by atoms with Gasteiger partial charge in [-0.3, -0.25) is 0 Å². The molecule has 1 atom stereocenters. The number of hydrogen-bond donors (Lipinski definition) is 0. The summed E-state index contributed by atoms with van der Waals surface area (Å²) in [6.45, 7) is 8.99. The smallest absolute Gasteiger partial charge is 0.0248 e. The molecule has 0 radical (unpaired) electrons. The Kier molecular flexibility index (Phi) is 7.57. The summed E-state index contributed by atoms with van der Waals surface area (Å²) in [7, 11) is 0. The topological polar surface area (TPSA) is 0 Å². The standard InChI is InChI=1S/C15H28/c1-6-8-9-10-11-12-13-14(7-2)15(3,4)5/h2,14H,6,8-13H2,1,3-5H3. The Labute approximate surface area is 96.8 Å². The van der Waals surface area contributed by atoms with Gasteiger partial charge in [-0.05, 0) is 11.8 Å². The Morgan fingerprint density at radius 3 is 2.00 bits per heavy atom. The highest BCUT2D eigenvalue weighted by atomic mass is 14.2. The van der Waals surface area contributed by atoms with Crippen molar-refractivity contribution in [1.29, 1.82) is 0 Å². The second-order valence-electron chi connectivity index (χ2n) is 5.64. The Morgan fingerprint density at radius 2 is 1.53 bits per heavy atom. The maximum absolute atomic E-state index is 5.57. The van der Waals surface area contributed by atoms with Crippen molar-refractivity contribution in [1.82, 2.24) is 0 Å². The fourth-order valence-corrected chi connectivity index (χ4v) is 1.90. The Hall–Kier alpha value is -0.440. The van der Waals surface area contributed by atoms with Gasteiger partial charge in [0.1, 0.15) is 0 Å². The first-order valence-electron chi connectivity index (χ1n) is 6.48. The maximum Gasteiger partial charge on any atom is 0.0248 e. The van der Waals surface area contributed by atoms with Crippen molar-refractivity contribution in [3.8, 4) is 12.3 Å². The first-order valence-corrected chi connectivity index (χ1v) is 6.48. The van der Waals surface area contributed by atoms with Crippen molar-refractivity contribution in [3.05, 3.63) is 0 Å². The van der Waals surface area contributed by atoms with Gasteiger partial charge in [0, 0.05) is 5.92 Å². The van der Waals surface area contributed by atoms with Crippen molar-refractivity contribution in [3.63, 3.8) is 0 Å². The Balaban J connectivity index is 3.53. The van der Waals surface area contributed by atoms with Crippen molar-refractivity contribution in [2.24, 2.45) is 11.3 Å². The Morgan fingerprint density at radius 1 is 1.00 bits per heavy atom. The van der Waals surface area contributed by atoms with Gasteiger partial charge in [0.15, 0.2) is 0 Å². The molecule has 0 amide bonds. The zero-order chi connectivity index (χ0) is 11.7. The normalized spacial score (nSPS) is 13.5. The van der Waals surface area contributed by atoms with Crippen molar-refractivity contribution in [2.45, 2.75) is 72.6 Å². The fourth-order valence-electron chi connectivity index (χ4n) is 1.90. The summed E-state index contributed by atoms with van der Waals surface area (Å²) in [5.41, 5.74) is 0.276. The third kappa shape index (κ3) is 7.48. The summed E-state index contributed by atoms with van der Waals surface area (Å²) in [5.74, 6) is 3.39. The van der Waals surface area contributed by atoms with E-state index in [0.29, 0.717) is 5.92 Å². The molecule has 0 N–H and O–H groups in total. The van der Waals surface area contributed by atoms with Gasteiger partial charge in [0.2, 0.25) is 0 Å².